The van der Waals surface area contributed by atoms with Crippen LogP contribution < -0.4 is 14.4 Å². The molecule has 1 aromatic heterocycles. The average molecular weight is 455 g/mol. The van der Waals surface area contributed by atoms with E-state index in [1.54, 1.807) is 43.4 Å². The molecule has 0 bridgehead atoms. The molecule has 5 rings (SSSR count). The summed E-state index contributed by atoms with van der Waals surface area (Å²) in [5, 5.41) is 4.52. The minimum absolute atomic E-state index is 0.138. The van der Waals surface area contributed by atoms with Gasteiger partial charge in [-0.1, -0.05) is 48.0 Å². The molecule has 7 nitrogen and oxygen atoms in total. The Morgan fingerprint density at radius 2 is 1.65 bits per heavy atom. The van der Waals surface area contributed by atoms with Gasteiger partial charge in [-0.2, -0.15) is 10.1 Å². The number of aryl methyl sites for hydroxylation is 1. The van der Waals surface area contributed by atoms with Crippen molar-refractivity contribution in [3.63, 3.8) is 0 Å². The van der Waals surface area contributed by atoms with Crippen molar-refractivity contribution < 1.29 is 14.3 Å². The normalized spacial score (nSPS) is 17.2. The van der Waals surface area contributed by atoms with Crippen molar-refractivity contribution in [3.05, 3.63) is 101 Å². The van der Waals surface area contributed by atoms with Gasteiger partial charge >= 0.3 is 0 Å². The highest BCUT2D eigenvalue weighted by atomic mass is 16.5. The van der Waals surface area contributed by atoms with Crippen molar-refractivity contribution in [1.82, 2.24) is 14.8 Å². The Morgan fingerprint density at radius 3 is 2.35 bits per heavy atom. The first-order valence-electron chi connectivity index (χ1n) is 11.2. The Labute approximate surface area is 198 Å². The van der Waals surface area contributed by atoms with E-state index in [0.29, 0.717) is 23.7 Å². The maximum atomic E-state index is 13.9. The van der Waals surface area contributed by atoms with E-state index in [-0.39, 0.29) is 18.0 Å². The summed E-state index contributed by atoms with van der Waals surface area (Å²) in [5.74, 6) is 1.85. The molecule has 0 aliphatic carbocycles. The number of amides is 1. The van der Waals surface area contributed by atoms with E-state index in [1.165, 1.54) is 6.33 Å². The highest BCUT2D eigenvalue weighted by molar-refractivity contribution is 6.06. The van der Waals surface area contributed by atoms with Gasteiger partial charge in [0.2, 0.25) is 5.95 Å². The van der Waals surface area contributed by atoms with Gasteiger partial charge in [-0.3, -0.25) is 9.69 Å². The second-order valence-corrected chi connectivity index (χ2v) is 8.33. The molecule has 4 aromatic rings. The second-order valence-electron chi connectivity index (χ2n) is 8.33. The molecule has 34 heavy (non-hydrogen) atoms. The molecule has 0 saturated carbocycles. The third-order valence-corrected chi connectivity index (χ3v) is 6.34. The largest absolute Gasteiger partial charge is 0.497 e. The molecule has 0 saturated heterocycles. The van der Waals surface area contributed by atoms with Crippen LogP contribution >= 0.6 is 0 Å². The monoisotopic (exact) mass is 454 g/mol. The predicted molar refractivity (Wildman–Crippen MR) is 129 cm³/mol. The van der Waals surface area contributed by atoms with Crippen molar-refractivity contribution >= 4 is 11.9 Å². The van der Waals surface area contributed by atoms with Crippen LogP contribution in [0.2, 0.25) is 0 Å². The van der Waals surface area contributed by atoms with E-state index in [0.717, 1.165) is 22.4 Å². The van der Waals surface area contributed by atoms with Crippen LogP contribution in [0.1, 0.15) is 45.6 Å². The highest BCUT2D eigenvalue weighted by Gasteiger charge is 2.40. The molecular formula is C27H26N4O3. The van der Waals surface area contributed by atoms with Crippen LogP contribution in [-0.2, 0) is 0 Å². The number of para-hydroxylation sites is 1. The molecule has 2 heterocycles. The molecule has 3 aromatic carbocycles. The predicted octanol–water partition coefficient (Wildman–Crippen LogP) is 4.98. The standard InChI is InChI=1S/C27H26N4O3/c1-18-8-10-19(11-9-18)23-16-24(22-6-4-5-7-25(22)34-3)31-27(28-17-29-31)30(23)26(32)20-12-14-21(33-2)15-13-20/h4-15,17,23-24H,16H2,1-3H3/t23-,24-/m1/s1. The minimum atomic E-state index is -0.234. The summed E-state index contributed by atoms with van der Waals surface area (Å²) in [7, 11) is 3.27. The third kappa shape index (κ3) is 3.79. The van der Waals surface area contributed by atoms with Gasteiger partial charge in [-0.15, -0.1) is 0 Å². The van der Waals surface area contributed by atoms with Crippen LogP contribution in [0.5, 0.6) is 11.5 Å². The molecule has 0 spiro atoms. The lowest BCUT2D eigenvalue weighted by Crippen LogP contribution is -2.42. The van der Waals surface area contributed by atoms with Gasteiger partial charge in [0.25, 0.3) is 5.91 Å². The van der Waals surface area contributed by atoms with Gasteiger partial charge < -0.3 is 9.47 Å². The van der Waals surface area contributed by atoms with E-state index in [9.17, 15) is 4.79 Å². The maximum absolute atomic E-state index is 13.9. The van der Waals surface area contributed by atoms with Crippen molar-refractivity contribution in [2.45, 2.75) is 25.4 Å². The Morgan fingerprint density at radius 1 is 0.912 bits per heavy atom. The molecule has 1 amide bonds. The SMILES string of the molecule is COc1ccc(C(=O)N2c3ncnn3[C@@H](c3ccccc3OC)C[C@@H]2c2ccc(C)cc2)cc1. The number of aromatic nitrogens is 3. The second kappa shape index (κ2) is 9.02. The summed E-state index contributed by atoms with van der Waals surface area (Å²) < 4.78 is 12.7. The van der Waals surface area contributed by atoms with Gasteiger partial charge in [0.1, 0.15) is 17.8 Å². The van der Waals surface area contributed by atoms with Crippen molar-refractivity contribution in [3.8, 4) is 11.5 Å². The lowest BCUT2D eigenvalue weighted by atomic mass is 9.90. The number of carbonyl (C=O) groups is 1. The Hall–Kier alpha value is -4.13. The van der Waals surface area contributed by atoms with Gasteiger partial charge in [0, 0.05) is 11.1 Å². The van der Waals surface area contributed by atoms with E-state index >= 15 is 0 Å². The van der Waals surface area contributed by atoms with Crippen LogP contribution in [-0.4, -0.2) is 34.9 Å². The molecular weight excluding hydrogens is 428 g/mol. The fourth-order valence-electron chi connectivity index (χ4n) is 4.57. The number of nitrogens with zero attached hydrogens (tertiary/aromatic N) is 4. The van der Waals surface area contributed by atoms with Crippen molar-refractivity contribution in [2.75, 3.05) is 19.1 Å². The summed E-state index contributed by atoms with van der Waals surface area (Å²) in [6.07, 6.45) is 2.13. The Bertz CT molecular complexity index is 1300. The fraction of sp³-hybridized carbons (Fsp3) is 0.222. The van der Waals surface area contributed by atoms with Gasteiger partial charge in [-0.05, 0) is 49.2 Å². The maximum Gasteiger partial charge on any atom is 0.261 e. The summed E-state index contributed by atoms with van der Waals surface area (Å²) in [6.45, 7) is 2.05. The quantitative estimate of drug-likeness (QED) is 0.425. The Balaban J connectivity index is 1.64. The van der Waals surface area contributed by atoms with Crippen molar-refractivity contribution in [2.24, 2.45) is 0 Å². The number of rotatable bonds is 5. The molecule has 0 N–H and O–H groups in total. The van der Waals surface area contributed by atoms with Crippen LogP contribution in [0.15, 0.2) is 79.1 Å². The van der Waals surface area contributed by atoms with Crippen LogP contribution in [0.25, 0.3) is 0 Å². The van der Waals surface area contributed by atoms with E-state index < -0.39 is 0 Å². The molecule has 2 atom stereocenters. The zero-order valence-electron chi connectivity index (χ0n) is 19.4. The lowest BCUT2D eigenvalue weighted by molar-refractivity contribution is 0.0963. The van der Waals surface area contributed by atoms with Crippen LogP contribution in [0.4, 0.5) is 5.95 Å². The first-order valence-corrected chi connectivity index (χ1v) is 11.2. The topological polar surface area (TPSA) is 69.5 Å². The third-order valence-electron chi connectivity index (χ3n) is 6.34. The van der Waals surface area contributed by atoms with E-state index in [1.807, 2.05) is 28.9 Å². The zero-order chi connectivity index (χ0) is 23.7. The van der Waals surface area contributed by atoms with Crippen LogP contribution in [0.3, 0.4) is 0 Å². The Kier molecular flexibility index (Phi) is 5.76. The van der Waals surface area contributed by atoms with E-state index in [4.69, 9.17) is 9.47 Å². The summed E-state index contributed by atoms with van der Waals surface area (Å²) >= 11 is 0. The summed E-state index contributed by atoms with van der Waals surface area (Å²) in [6, 6.07) is 23.0. The molecule has 0 radical (unpaired) electrons. The van der Waals surface area contributed by atoms with Gasteiger partial charge in [0.15, 0.2) is 0 Å². The number of ether oxygens (including phenoxy) is 2. The van der Waals surface area contributed by atoms with E-state index in [2.05, 4.69) is 41.3 Å². The molecule has 0 fully saturated rings. The number of fused-ring (bicyclic) bond motifs is 1. The number of methoxy groups -OCH3 is 2. The molecule has 172 valence electrons. The lowest BCUT2D eigenvalue weighted by Gasteiger charge is -2.39. The zero-order valence-corrected chi connectivity index (χ0v) is 19.4. The number of anilines is 1. The molecule has 1 aliphatic rings. The molecule has 0 unspecified atom stereocenters. The summed E-state index contributed by atoms with van der Waals surface area (Å²) in [5.41, 5.74) is 3.77. The van der Waals surface area contributed by atoms with Gasteiger partial charge in [-0.25, -0.2) is 4.68 Å². The number of hydrogen-bond acceptors (Lipinski definition) is 5. The van der Waals surface area contributed by atoms with Crippen LogP contribution in [0, 0.1) is 6.92 Å². The highest BCUT2D eigenvalue weighted by Crippen LogP contribution is 2.44. The smallest absolute Gasteiger partial charge is 0.261 e. The number of benzene rings is 3. The fourth-order valence-corrected chi connectivity index (χ4v) is 4.57. The summed E-state index contributed by atoms with van der Waals surface area (Å²) in [4.78, 5) is 20.1. The van der Waals surface area contributed by atoms with Crippen molar-refractivity contribution in [1.29, 1.82) is 0 Å². The average Bonchev–Trinajstić information content (AvgIpc) is 3.38. The molecule has 7 heteroatoms. The van der Waals surface area contributed by atoms with Gasteiger partial charge in [0.05, 0.1) is 26.3 Å². The first-order chi connectivity index (χ1) is 16.6. The first kappa shape index (κ1) is 21.7. The molecule has 1 aliphatic heterocycles. The number of carbonyl (C=O) groups excluding carboxylic acids is 1. The number of hydrogen-bond donors (Lipinski definition) is 0. The minimum Gasteiger partial charge on any atom is -0.497 e.